The van der Waals surface area contributed by atoms with Crippen molar-refractivity contribution in [3.63, 3.8) is 0 Å². The van der Waals surface area contributed by atoms with Gasteiger partial charge in [0.1, 0.15) is 0 Å². The highest BCUT2D eigenvalue weighted by Gasteiger charge is 2.28. The van der Waals surface area contributed by atoms with E-state index in [1.165, 1.54) is 0 Å². The molecule has 0 aliphatic carbocycles. The lowest BCUT2D eigenvalue weighted by Crippen LogP contribution is -2.39. The van der Waals surface area contributed by atoms with Gasteiger partial charge in [0.05, 0.1) is 18.1 Å². The second-order valence-electron chi connectivity index (χ2n) is 5.93. The molecule has 1 atom stereocenters. The highest BCUT2D eigenvalue weighted by atomic mass is 32.2. The fourth-order valence-electron chi connectivity index (χ4n) is 2.68. The Morgan fingerprint density at radius 3 is 2.52 bits per heavy atom. The predicted octanol–water partition coefficient (Wildman–Crippen LogP) is 2.55. The summed E-state index contributed by atoms with van der Waals surface area (Å²) in [5, 5.41) is 5.93. The lowest BCUT2D eigenvalue weighted by Gasteiger charge is -2.14. The first-order valence-corrected chi connectivity index (χ1v) is 10.7. The summed E-state index contributed by atoms with van der Waals surface area (Å²) >= 11 is 1.63. The molecule has 1 aliphatic heterocycles. The summed E-state index contributed by atoms with van der Waals surface area (Å²) in [5.74, 6) is 0.00260. The molecule has 0 spiro atoms. The topological polar surface area (TPSA) is 75.3 Å². The van der Waals surface area contributed by atoms with Crippen LogP contribution in [0.25, 0.3) is 0 Å². The molecule has 132 valence electrons. The molecule has 2 N–H and O–H groups in total. The Labute approximate surface area is 152 Å². The Bertz CT molecular complexity index is 838. The highest BCUT2D eigenvalue weighted by Crippen LogP contribution is 2.32. The van der Waals surface area contributed by atoms with Crippen LogP contribution in [0.3, 0.4) is 0 Å². The van der Waals surface area contributed by atoms with Crippen LogP contribution in [0.4, 0.5) is 5.69 Å². The molecule has 1 unspecified atom stereocenters. The van der Waals surface area contributed by atoms with Gasteiger partial charge < -0.3 is 10.6 Å². The van der Waals surface area contributed by atoms with Crippen molar-refractivity contribution in [2.75, 3.05) is 23.4 Å². The van der Waals surface area contributed by atoms with Gasteiger partial charge >= 0.3 is 0 Å². The van der Waals surface area contributed by atoms with Crippen molar-refractivity contribution < 1.29 is 13.2 Å². The van der Waals surface area contributed by atoms with Crippen LogP contribution in [0.15, 0.2) is 64.4 Å². The second-order valence-corrected chi connectivity index (χ2v) is 9.28. The van der Waals surface area contributed by atoms with Crippen molar-refractivity contribution in [1.82, 2.24) is 5.32 Å². The first-order chi connectivity index (χ1) is 12.0. The molecule has 2 aromatic carbocycles. The molecule has 0 bridgehead atoms. The number of para-hydroxylation sites is 1. The molecule has 0 aromatic heterocycles. The van der Waals surface area contributed by atoms with Crippen LogP contribution in [-0.2, 0) is 14.6 Å². The lowest BCUT2D eigenvalue weighted by molar-refractivity contribution is -0.119. The quantitative estimate of drug-likeness (QED) is 0.810. The summed E-state index contributed by atoms with van der Waals surface area (Å²) in [4.78, 5) is 14.2. The van der Waals surface area contributed by atoms with Gasteiger partial charge in [-0.2, -0.15) is 0 Å². The standard InChI is InChI=1S/C18H20N2O3S2/c21-18(20-14-10-11-25(22,23)13-14)12-19-16-8-4-5-9-17(16)24-15-6-2-1-3-7-15/h1-9,14,19H,10-13H2,(H,20,21). The van der Waals surface area contributed by atoms with Crippen molar-refractivity contribution in [2.45, 2.75) is 22.3 Å². The molecular formula is C18H20N2O3S2. The van der Waals surface area contributed by atoms with Gasteiger partial charge in [0.15, 0.2) is 9.84 Å². The molecule has 1 saturated heterocycles. The van der Waals surface area contributed by atoms with E-state index in [4.69, 9.17) is 0 Å². The number of hydrogen-bond acceptors (Lipinski definition) is 5. The summed E-state index contributed by atoms with van der Waals surface area (Å²) in [6, 6.07) is 17.6. The van der Waals surface area contributed by atoms with Crippen molar-refractivity contribution in [2.24, 2.45) is 0 Å². The summed E-state index contributed by atoms with van der Waals surface area (Å²) in [5.41, 5.74) is 0.880. The van der Waals surface area contributed by atoms with E-state index in [-0.39, 0.29) is 30.0 Å². The smallest absolute Gasteiger partial charge is 0.239 e. The Morgan fingerprint density at radius 2 is 1.80 bits per heavy atom. The lowest BCUT2D eigenvalue weighted by atomic mass is 10.2. The number of hydrogen-bond donors (Lipinski definition) is 2. The number of nitrogens with one attached hydrogen (secondary N) is 2. The summed E-state index contributed by atoms with van der Waals surface area (Å²) in [6.07, 6.45) is 0.495. The minimum Gasteiger partial charge on any atom is -0.375 e. The zero-order valence-corrected chi connectivity index (χ0v) is 15.3. The molecule has 5 nitrogen and oxygen atoms in total. The van der Waals surface area contributed by atoms with E-state index >= 15 is 0 Å². The maximum Gasteiger partial charge on any atom is 0.239 e. The van der Waals surface area contributed by atoms with E-state index in [0.717, 1.165) is 15.5 Å². The molecule has 3 rings (SSSR count). The van der Waals surface area contributed by atoms with Gasteiger partial charge in [-0.1, -0.05) is 42.1 Å². The van der Waals surface area contributed by atoms with Crippen LogP contribution in [0.2, 0.25) is 0 Å². The zero-order valence-electron chi connectivity index (χ0n) is 13.6. The fourth-order valence-corrected chi connectivity index (χ4v) is 5.30. The van der Waals surface area contributed by atoms with E-state index in [2.05, 4.69) is 10.6 Å². The van der Waals surface area contributed by atoms with Crippen molar-refractivity contribution >= 4 is 33.2 Å². The van der Waals surface area contributed by atoms with Crippen LogP contribution in [0.5, 0.6) is 0 Å². The van der Waals surface area contributed by atoms with Gasteiger partial charge in [-0.15, -0.1) is 0 Å². The van der Waals surface area contributed by atoms with Crippen molar-refractivity contribution in [1.29, 1.82) is 0 Å². The summed E-state index contributed by atoms with van der Waals surface area (Å²) < 4.78 is 22.9. The maximum atomic E-state index is 12.1. The number of carbonyl (C=O) groups is 1. The van der Waals surface area contributed by atoms with Gasteiger partial charge in [0.25, 0.3) is 0 Å². The van der Waals surface area contributed by atoms with Gasteiger partial charge in [-0.3, -0.25) is 4.79 Å². The molecular weight excluding hydrogens is 356 g/mol. The molecule has 1 aliphatic rings. The average Bonchev–Trinajstić information content (AvgIpc) is 2.93. The molecule has 1 heterocycles. The predicted molar refractivity (Wildman–Crippen MR) is 101 cm³/mol. The normalized spacial score (nSPS) is 18.6. The SMILES string of the molecule is O=C(CNc1ccccc1Sc1ccccc1)NC1CCS(=O)(=O)C1. The second kappa shape index (κ2) is 7.93. The Balaban J connectivity index is 1.57. The van der Waals surface area contributed by atoms with E-state index < -0.39 is 9.84 Å². The third-order valence-electron chi connectivity index (χ3n) is 3.90. The fraction of sp³-hybridized carbons (Fsp3) is 0.278. The monoisotopic (exact) mass is 376 g/mol. The average molecular weight is 377 g/mol. The first-order valence-electron chi connectivity index (χ1n) is 8.07. The molecule has 2 aromatic rings. The number of benzene rings is 2. The largest absolute Gasteiger partial charge is 0.375 e. The summed E-state index contributed by atoms with van der Waals surface area (Å²) in [6.45, 7) is 0.114. The molecule has 1 amide bonds. The van der Waals surface area contributed by atoms with Gasteiger partial charge in [0, 0.05) is 21.5 Å². The van der Waals surface area contributed by atoms with E-state index in [0.29, 0.717) is 6.42 Å². The number of rotatable bonds is 6. The van der Waals surface area contributed by atoms with Crippen molar-refractivity contribution in [3.05, 3.63) is 54.6 Å². The summed E-state index contributed by atoms with van der Waals surface area (Å²) in [7, 11) is -2.99. The number of sulfone groups is 1. The minimum absolute atomic E-state index is 0.0409. The van der Waals surface area contributed by atoms with E-state index in [1.807, 2.05) is 54.6 Å². The van der Waals surface area contributed by atoms with E-state index in [1.54, 1.807) is 11.8 Å². The van der Waals surface area contributed by atoms with Crippen LogP contribution in [0.1, 0.15) is 6.42 Å². The van der Waals surface area contributed by atoms with Crippen molar-refractivity contribution in [3.8, 4) is 0 Å². The Morgan fingerprint density at radius 1 is 1.08 bits per heavy atom. The number of amides is 1. The number of anilines is 1. The number of carbonyl (C=O) groups excluding carboxylic acids is 1. The van der Waals surface area contributed by atoms with Gasteiger partial charge in [-0.05, 0) is 30.7 Å². The van der Waals surface area contributed by atoms with Gasteiger partial charge in [0.2, 0.25) is 5.91 Å². The van der Waals surface area contributed by atoms with Crippen LogP contribution in [0, 0.1) is 0 Å². The van der Waals surface area contributed by atoms with Crippen LogP contribution < -0.4 is 10.6 Å². The molecule has 0 saturated carbocycles. The third kappa shape index (κ3) is 5.24. The Kier molecular flexibility index (Phi) is 5.65. The third-order valence-corrected chi connectivity index (χ3v) is 6.75. The van der Waals surface area contributed by atoms with Gasteiger partial charge in [-0.25, -0.2) is 8.42 Å². The molecule has 0 radical (unpaired) electrons. The van der Waals surface area contributed by atoms with E-state index in [9.17, 15) is 13.2 Å². The zero-order chi connectivity index (χ0) is 17.7. The van der Waals surface area contributed by atoms with Crippen LogP contribution >= 0.6 is 11.8 Å². The molecule has 1 fully saturated rings. The maximum absolute atomic E-state index is 12.1. The highest BCUT2D eigenvalue weighted by molar-refractivity contribution is 7.99. The first kappa shape index (κ1) is 17.8. The minimum atomic E-state index is -2.99. The Hall–Kier alpha value is -1.99. The molecule has 25 heavy (non-hydrogen) atoms. The molecule has 7 heteroatoms. The van der Waals surface area contributed by atoms with Crippen LogP contribution in [-0.4, -0.2) is 38.4 Å².